The maximum atomic E-state index is 12.2. The van der Waals surface area contributed by atoms with Crippen molar-refractivity contribution >= 4 is 27.5 Å². The van der Waals surface area contributed by atoms with Crippen LogP contribution in [0.4, 0.5) is 5.69 Å². The van der Waals surface area contributed by atoms with Crippen molar-refractivity contribution in [2.45, 2.75) is 32.4 Å². The molecule has 5 heteroatoms. The van der Waals surface area contributed by atoms with Crippen molar-refractivity contribution in [2.75, 3.05) is 12.8 Å². The first-order chi connectivity index (χ1) is 8.86. The van der Waals surface area contributed by atoms with Crippen LogP contribution in [0.25, 0.3) is 0 Å². The number of rotatable bonds is 3. The second-order valence-corrected chi connectivity index (χ2v) is 6.40. The van der Waals surface area contributed by atoms with E-state index in [-0.39, 0.29) is 23.5 Å². The molecular formula is C14H19BrN2O2. The molecule has 0 radical (unpaired) electrons. The molecule has 1 amide bonds. The summed E-state index contributed by atoms with van der Waals surface area (Å²) in [5, 5.41) is 3.05. The first-order valence-corrected chi connectivity index (χ1v) is 7.04. The van der Waals surface area contributed by atoms with Crippen LogP contribution in [-0.2, 0) is 4.74 Å². The van der Waals surface area contributed by atoms with E-state index in [1.54, 1.807) is 25.3 Å². The zero-order chi connectivity index (χ0) is 14.2. The number of ether oxygens (including phenoxy) is 1. The van der Waals surface area contributed by atoms with Gasteiger partial charge < -0.3 is 15.8 Å². The number of carbonyl (C=O) groups excluding carboxylic acids is 1. The Kier molecular flexibility index (Phi) is 3.87. The molecule has 1 aromatic rings. The molecule has 0 aromatic heterocycles. The number of amides is 1. The maximum Gasteiger partial charge on any atom is 0.251 e. The fourth-order valence-electron chi connectivity index (χ4n) is 2.44. The van der Waals surface area contributed by atoms with Crippen molar-refractivity contribution < 1.29 is 9.53 Å². The fraction of sp³-hybridized carbons (Fsp3) is 0.500. The molecule has 1 fully saturated rings. The highest BCUT2D eigenvalue weighted by Gasteiger charge is 2.49. The summed E-state index contributed by atoms with van der Waals surface area (Å²) in [5.41, 5.74) is 6.91. The topological polar surface area (TPSA) is 64.3 Å². The smallest absolute Gasteiger partial charge is 0.251 e. The van der Waals surface area contributed by atoms with Gasteiger partial charge in [0.1, 0.15) is 0 Å². The number of hydrogen-bond donors (Lipinski definition) is 2. The van der Waals surface area contributed by atoms with Crippen LogP contribution in [0.15, 0.2) is 22.7 Å². The number of hydrogen-bond acceptors (Lipinski definition) is 3. The van der Waals surface area contributed by atoms with Crippen LogP contribution in [0.1, 0.15) is 30.6 Å². The third-order valence-corrected chi connectivity index (χ3v) is 4.72. The number of halogens is 1. The molecule has 1 aromatic carbocycles. The van der Waals surface area contributed by atoms with E-state index in [4.69, 9.17) is 10.5 Å². The Bertz CT molecular complexity index is 502. The van der Waals surface area contributed by atoms with Crippen LogP contribution < -0.4 is 11.1 Å². The summed E-state index contributed by atoms with van der Waals surface area (Å²) in [6, 6.07) is 5.34. The molecule has 2 atom stereocenters. The molecule has 104 valence electrons. The molecule has 3 N–H and O–H groups in total. The second-order valence-electron chi connectivity index (χ2n) is 5.54. The van der Waals surface area contributed by atoms with Gasteiger partial charge in [0.2, 0.25) is 0 Å². The molecule has 19 heavy (non-hydrogen) atoms. The number of benzene rings is 1. The standard InChI is InChI=1S/C14H19BrN2O2/c1-14(2)11(7-12(14)19-3)17-13(18)8-4-5-10(16)9(15)6-8/h4-6,11-12H,7,16H2,1-3H3,(H,17,18). The lowest BCUT2D eigenvalue weighted by Gasteiger charge is -2.51. The van der Waals surface area contributed by atoms with Gasteiger partial charge in [0, 0.05) is 34.3 Å². The zero-order valence-electron chi connectivity index (χ0n) is 11.4. The Hall–Kier alpha value is -1.07. The predicted molar refractivity (Wildman–Crippen MR) is 79.0 cm³/mol. The lowest BCUT2D eigenvalue weighted by molar-refractivity contribution is -0.0942. The summed E-state index contributed by atoms with van der Waals surface area (Å²) >= 11 is 3.33. The number of anilines is 1. The van der Waals surface area contributed by atoms with Gasteiger partial charge in [-0.05, 0) is 40.5 Å². The molecular weight excluding hydrogens is 308 g/mol. The van der Waals surface area contributed by atoms with Crippen molar-refractivity contribution in [3.05, 3.63) is 28.2 Å². The Morgan fingerprint density at radius 2 is 2.21 bits per heavy atom. The van der Waals surface area contributed by atoms with Crippen molar-refractivity contribution in [1.82, 2.24) is 5.32 Å². The van der Waals surface area contributed by atoms with Gasteiger partial charge in [0.25, 0.3) is 5.91 Å². The number of methoxy groups -OCH3 is 1. The third-order valence-electron chi connectivity index (χ3n) is 4.03. The molecule has 1 saturated carbocycles. The third kappa shape index (κ3) is 2.62. The summed E-state index contributed by atoms with van der Waals surface area (Å²) in [6.45, 7) is 4.21. The van der Waals surface area contributed by atoms with Crippen molar-refractivity contribution in [1.29, 1.82) is 0 Å². The zero-order valence-corrected chi connectivity index (χ0v) is 13.0. The number of carbonyl (C=O) groups is 1. The molecule has 0 heterocycles. The highest BCUT2D eigenvalue weighted by Crippen LogP contribution is 2.42. The van der Waals surface area contributed by atoms with E-state index in [0.717, 1.165) is 10.9 Å². The molecule has 2 unspecified atom stereocenters. The van der Waals surface area contributed by atoms with Crippen LogP contribution in [0.5, 0.6) is 0 Å². The van der Waals surface area contributed by atoms with Crippen molar-refractivity contribution in [3.63, 3.8) is 0 Å². The first-order valence-electron chi connectivity index (χ1n) is 6.25. The van der Waals surface area contributed by atoms with Gasteiger partial charge in [-0.1, -0.05) is 13.8 Å². The maximum absolute atomic E-state index is 12.2. The molecule has 4 nitrogen and oxygen atoms in total. The molecule has 1 aliphatic rings. The summed E-state index contributed by atoms with van der Waals surface area (Å²) < 4.78 is 6.12. The Labute approximate surface area is 121 Å². The first kappa shape index (κ1) is 14.3. The normalized spacial score (nSPS) is 24.6. The minimum Gasteiger partial charge on any atom is -0.398 e. The largest absolute Gasteiger partial charge is 0.398 e. The van der Waals surface area contributed by atoms with Crippen molar-refractivity contribution in [2.24, 2.45) is 5.41 Å². The van der Waals surface area contributed by atoms with Crippen LogP contribution in [-0.4, -0.2) is 25.2 Å². The predicted octanol–water partition coefficient (Wildman–Crippen LogP) is 2.57. The van der Waals surface area contributed by atoms with E-state index < -0.39 is 0 Å². The molecule has 2 rings (SSSR count). The Morgan fingerprint density at radius 1 is 1.53 bits per heavy atom. The summed E-state index contributed by atoms with van der Waals surface area (Å²) in [5.74, 6) is -0.0756. The van der Waals surface area contributed by atoms with Crippen LogP contribution in [0.2, 0.25) is 0 Å². The summed E-state index contributed by atoms with van der Waals surface area (Å²) in [4.78, 5) is 12.2. The van der Waals surface area contributed by atoms with E-state index in [2.05, 4.69) is 35.1 Å². The monoisotopic (exact) mass is 326 g/mol. The van der Waals surface area contributed by atoms with Crippen LogP contribution in [0, 0.1) is 5.41 Å². The highest BCUT2D eigenvalue weighted by molar-refractivity contribution is 9.10. The van der Waals surface area contributed by atoms with Gasteiger partial charge >= 0.3 is 0 Å². The van der Waals surface area contributed by atoms with Gasteiger partial charge in [-0.25, -0.2) is 0 Å². The van der Waals surface area contributed by atoms with Crippen LogP contribution >= 0.6 is 15.9 Å². The number of nitrogen functional groups attached to an aromatic ring is 1. The average Bonchev–Trinajstić information content (AvgIpc) is 2.36. The lowest BCUT2D eigenvalue weighted by Crippen LogP contribution is -2.61. The summed E-state index contributed by atoms with van der Waals surface area (Å²) in [7, 11) is 1.71. The van der Waals surface area contributed by atoms with E-state index in [1.807, 2.05) is 0 Å². The van der Waals surface area contributed by atoms with E-state index in [1.165, 1.54) is 0 Å². The van der Waals surface area contributed by atoms with Gasteiger partial charge in [0.05, 0.1) is 6.10 Å². The second kappa shape index (κ2) is 5.13. The number of nitrogens with one attached hydrogen (secondary N) is 1. The molecule has 0 aliphatic heterocycles. The average molecular weight is 327 g/mol. The molecule has 0 bridgehead atoms. The van der Waals surface area contributed by atoms with Gasteiger partial charge in [-0.15, -0.1) is 0 Å². The SMILES string of the molecule is COC1CC(NC(=O)c2ccc(N)c(Br)c2)C1(C)C. The van der Waals surface area contributed by atoms with E-state index in [0.29, 0.717) is 11.3 Å². The van der Waals surface area contributed by atoms with Crippen molar-refractivity contribution in [3.8, 4) is 0 Å². The quantitative estimate of drug-likeness (QED) is 0.839. The van der Waals surface area contributed by atoms with Gasteiger partial charge in [-0.3, -0.25) is 4.79 Å². The van der Waals surface area contributed by atoms with Crippen LogP contribution in [0.3, 0.4) is 0 Å². The fourth-order valence-corrected chi connectivity index (χ4v) is 2.82. The molecule has 1 aliphatic carbocycles. The summed E-state index contributed by atoms with van der Waals surface area (Å²) in [6.07, 6.45) is 1.06. The lowest BCUT2D eigenvalue weighted by atomic mass is 9.64. The van der Waals surface area contributed by atoms with Gasteiger partial charge in [-0.2, -0.15) is 0 Å². The molecule has 0 spiro atoms. The molecule has 0 saturated heterocycles. The Balaban J connectivity index is 2.04. The van der Waals surface area contributed by atoms with E-state index in [9.17, 15) is 4.79 Å². The minimum absolute atomic E-state index is 0.0323. The Morgan fingerprint density at radius 3 is 2.74 bits per heavy atom. The minimum atomic E-state index is -0.0756. The van der Waals surface area contributed by atoms with E-state index >= 15 is 0 Å². The van der Waals surface area contributed by atoms with Gasteiger partial charge in [0.15, 0.2) is 0 Å². The highest BCUT2D eigenvalue weighted by atomic mass is 79.9. The number of nitrogens with two attached hydrogens (primary N) is 1.